The summed E-state index contributed by atoms with van der Waals surface area (Å²) in [5.74, 6) is 0.178. The van der Waals surface area contributed by atoms with Gasteiger partial charge in [0, 0.05) is 23.6 Å². The summed E-state index contributed by atoms with van der Waals surface area (Å²) in [6, 6.07) is 17.6. The van der Waals surface area contributed by atoms with Gasteiger partial charge < -0.3 is 4.74 Å². The molecule has 0 amide bonds. The molecule has 2 aromatic carbocycles. The number of rotatable bonds is 6. The van der Waals surface area contributed by atoms with Crippen LogP contribution in [0, 0.1) is 0 Å². The Morgan fingerprint density at radius 1 is 1.12 bits per heavy atom. The van der Waals surface area contributed by atoms with E-state index in [-0.39, 0.29) is 18.1 Å². The van der Waals surface area contributed by atoms with Gasteiger partial charge in [-0.05, 0) is 73.4 Å². The van der Waals surface area contributed by atoms with Gasteiger partial charge in [0.25, 0.3) is 0 Å². The molecule has 1 heterocycles. The average molecular weight is 482 g/mol. The van der Waals surface area contributed by atoms with Crippen molar-refractivity contribution in [2.24, 2.45) is 0 Å². The van der Waals surface area contributed by atoms with Crippen molar-refractivity contribution in [2.45, 2.75) is 57.6 Å². The number of hydrogen-bond donors (Lipinski definition) is 1. The lowest BCUT2D eigenvalue weighted by molar-refractivity contribution is -0.00376. The first-order valence-corrected chi connectivity index (χ1v) is 13.1. The summed E-state index contributed by atoms with van der Waals surface area (Å²) in [4.78, 5) is 0.663. The molecule has 0 bridgehead atoms. The molecule has 2 aliphatic rings. The third-order valence-corrected chi connectivity index (χ3v) is 8.34. The Morgan fingerprint density at radius 2 is 1.73 bits per heavy atom. The van der Waals surface area contributed by atoms with Crippen molar-refractivity contribution in [3.63, 3.8) is 0 Å². The molecule has 1 aliphatic carbocycles. The van der Waals surface area contributed by atoms with Gasteiger partial charge in [0.1, 0.15) is 11.0 Å². The van der Waals surface area contributed by atoms with Crippen molar-refractivity contribution in [3.05, 3.63) is 105 Å². The highest BCUT2D eigenvalue weighted by Crippen LogP contribution is 2.40. The van der Waals surface area contributed by atoms with Crippen LogP contribution >= 0.6 is 11.6 Å². The lowest BCUT2D eigenvalue weighted by Gasteiger charge is -2.36. The van der Waals surface area contributed by atoms with Crippen LogP contribution in [0.5, 0.6) is 0 Å². The molecule has 0 radical (unpaired) electrons. The van der Waals surface area contributed by atoms with Gasteiger partial charge in [-0.2, -0.15) is 0 Å². The Morgan fingerprint density at radius 3 is 2.30 bits per heavy atom. The van der Waals surface area contributed by atoms with Crippen LogP contribution in [-0.4, -0.2) is 23.0 Å². The van der Waals surface area contributed by atoms with E-state index in [1.165, 1.54) is 22.3 Å². The van der Waals surface area contributed by atoms with E-state index in [4.69, 9.17) is 16.3 Å². The van der Waals surface area contributed by atoms with E-state index in [1.807, 2.05) is 19.9 Å². The number of halogens is 1. The Balaban J connectivity index is 1.57. The Hall–Kier alpha value is -1.98. The number of benzene rings is 2. The van der Waals surface area contributed by atoms with Crippen LogP contribution < -0.4 is 4.72 Å². The molecule has 4 rings (SSSR count). The van der Waals surface area contributed by atoms with Gasteiger partial charge in [-0.1, -0.05) is 72.8 Å². The van der Waals surface area contributed by atoms with Gasteiger partial charge in [0.2, 0.25) is 0 Å². The highest BCUT2D eigenvalue weighted by Gasteiger charge is 2.35. The average Bonchev–Trinajstić information content (AvgIpc) is 2.99. The molecule has 3 unspecified atom stereocenters. The van der Waals surface area contributed by atoms with Crippen molar-refractivity contribution in [2.75, 3.05) is 6.61 Å². The molecule has 1 N–H and O–H groups in total. The Kier molecular flexibility index (Phi) is 8.02. The van der Waals surface area contributed by atoms with Crippen LogP contribution in [0.2, 0.25) is 0 Å². The molecule has 3 nitrogen and oxygen atoms in total. The fourth-order valence-electron chi connectivity index (χ4n) is 4.85. The third-order valence-electron chi connectivity index (χ3n) is 6.58. The smallest absolute Gasteiger partial charge is 0.124 e. The molecule has 0 spiro atoms. The SMILES string of the molecule is C=C(C)/C(Cl)=C\C(=C/C)S(=O)NC1CCOC(C2c3ccccc3CCc3ccccc32)C1. The molecular weight excluding hydrogens is 450 g/mol. The van der Waals surface area contributed by atoms with Crippen molar-refractivity contribution in [1.82, 2.24) is 4.72 Å². The van der Waals surface area contributed by atoms with Crippen LogP contribution in [0.1, 0.15) is 54.9 Å². The second-order valence-corrected chi connectivity index (χ2v) is 10.5. The number of ether oxygens (including phenoxy) is 1. The first-order valence-electron chi connectivity index (χ1n) is 11.6. The van der Waals surface area contributed by atoms with Gasteiger partial charge >= 0.3 is 0 Å². The third kappa shape index (κ3) is 5.58. The summed E-state index contributed by atoms with van der Waals surface area (Å²) in [5.41, 5.74) is 6.28. The standard InChI is InChI=1S/C28H32ClNO2S/c1-4-23(18-26(29)19(2)3)33(31)30-22-15-16-32-27(17-22)28-24-11-7-5-9-20(24)13-14-21-10-6-8-12-25(21)28/h4-12,18,22,27-28,30H,2,13-17H2,1,3H3/b23-4+,26-18+. The fraction of sp³-hybridized carbons (Fsp3) is 0.357. The van der Waals surface area contributed by atoms with Gasteiger partial charge in [-0.25, -0.2) is 8.93 Å². The van der Waals surface area contributed by atoms with Crippen LogP contribution in [0.3, 0.4) is 0 Å². The van der Waals surface area contributed by atoms with Crippen LogP contribution in [0.25, 0.3) is 0 Å². The van der Waals surface area contributed by atoms with Gasteiger partial charge in [-0.3, -0.25) is 0 Å². The first-order chi connectivity index (χ1) is 16.0. The van der Waals surface area contributed by atoms with Crippen LogP contribution in [0.15, 0.2) is 82.8 Å². The van der Waals surface area contributed by atoms with E-state index in [1.54, 1.807) is 6.08 Å². The number of aryl methyl sites for hydroxylation is 2. The van der Waals surface area contributed by atoms with E-state index in [0.717, 1.165) is 31.3 Å². The van der Waals surface area contributed by atoms with Crippen LogP contribution in [-0.2, 0) is 28.6 Å². The molecule has 5 heteroatoms. The maximum absolute atomic E-state index is 13.1. The minimum Gasteiger partial charge on any atom is -0.377 e. The number of fused-ring (bicyclic) bond motifs is 2. The summed E-state index contributed by atoms with van der Waals surface area (Å²) in [6.07, 6.45) is 7.31. The summed E-state index contributed by atoms with van der Waals surface area (Å²) in [6.45, 7) is 8.22. The number of allylic oxidation sites excluding steroid dienone is 4. The number of nitrogens with one attached hydrogen (secondary N) is 1. The van der Waals surface area contributed by atoms with E-state index in [0.29, 0.717) is 16.5 Å². The summed E-state index contributed by atoms with van der Waals surface area (Å²) >= 11 is 6.25. The number of hydrogen-bond acceptors (Lipinski definition) is 2. The molecular formula is C28H32ClNO2S. The maximum atomic E-state index is 13.1. The molecule has 1 saturated heterocycles. The highest BCUT2D eigenvalue weighted by atomic mass is 35.5. The van der Waals surface area contributed by atoms with Crippen molar-refractivity contribution in [1.29, 1.82) is 0 Å². The van der Waals surface area contributed by atoms with E-state index >= 15 is 0 Å². The second-order valence-electron chi connectivity index (χ2n) is 8.86. The van der Waals surface area contributed by atoms with Gasteiger partial charge in [0.15, 0.2) is 0 Å². The summed E-state index contributed by atoms with van der Waals surface area (Å²) in [5, 5.41) is 0.523. The predicted octanol–water partition coefficient (Wildman–Crippen LogP) is 6.32. The fourth-order valence-corrected chi connectivity index (χ4v) is 6.12. The summed E-state index contributed by atoms with van der Waals surface area (Å²) < 4.78 is 22.8. The van der Waals surface area contributed by atoms with Gasteiger partial charge in [-0.15, -0.1) is 0 Å². The zero-order valence-corrected chi connectivity index (χ0v) is 20.9. The summed E-state index contributed by atoms with van der Waals surface area (Å²) in [7, 11) is -1.35. The van der Waals surface area contributed by atoms with Crippen molar-refractivity contribution >= 4 is 22.6 Å². The molecule has 3 atom stereocenters. The molecule has 0 saturated carbocycles. The lowest BCUT2D eigenvalue weighted by Crippen LogP contribution is -2.42. The lowest BCUT2D eigenvalue weighted by atomic mass is 9.80. The first kappa shape index (κ1) is 24.2. The molecule has 1 aliphatic heterocycles. The Labute approximate surface area is 205 Å². The molecule has 0 aromatic heterocycles. The minimum atomic E-state index is -1.35. The largest absolute Gasteiger partial charge is 0.377 e. The van der Waals surface area contributed by atoms with Crippen molar-refractivity contribution in [3.8, 4) is 0 Å². The topological polar surface area (TPSA) is 38.3 Å². The maximum Gasteiger partial charge on any atom is 0.124 e. The second kappa shape index (κ2) is 11.0. The van der Waals surface area contributed by atoms with Crippen LogP contribution in [0.4, 0.5) is 0 Å². The normalized spacial score (nSPS) is 22.8. The monoisotopic (exact) mass is 481 g/mol. The zero-order valence-electron chi connectivity index (χ0n) is 19.4. The molecule has 2 aromatic rings. The molecule has 174 valence electrons. The molecule has 33 heavy (non-hydrogen) atoms. The zero-order chi connectivity index (χ0) is 23.4. The predicted molar refractivity (Wildman–Crippen MR) is 139 cm³/mol. The molecule has 1 fully saturated rings. The Bertz CT molecular complexity index is 1060. The highest BCUT2D eigenvalue weighted by molar-refractivity contribution is 7.87. The van der Waals surface area contributed by atoms with E-state index in [9.17, 15) is 4.21 Å². The van der Waals surface area contributed by atoms with Crippen molar-refractivity contribution < 1.29 is 8.95 Å². The quantitative estimate of drug-likeness (QED) is 0.490. The van der Waals surface area contributed by atoms with E-state index < -0.39 is 11.0 Å². The van der Waals surface area contributed by atoms with E-state index in [2.05, 4.69) is 59.8 Å². The minimum absolute atomic E-state index is 0.0252. The van der Waals surface area contributed by atoms with Gasteiger partial charge in [0.05, 0.1) is 11.0 Å².